The van der Waals surface area contributed by atoms with E-state index in [0.717, 1.165) is 59.8 Å². The number of carbonyl (C=O) groups excluding carboxylic acids is 1. The number of aliphatic hydroxyl groups is 2. The molecule has 3 aliphatic rings. The summed E-state index contributed by atoms with van der Waals surface area (Å²) in [7, 11) is 0. The van der Waals surface area contributed by atoms with Crippen molar-refractivity contribution < 1.29 is 28.5 Å². The molecule has 8 nitrogen and oxygen atoms in total. The number of fused-ring (bicyclic) bond motifs is 3. The van der Waals surface area contributed by atoms with Crippen LogP contribution in [0.5, 0.6) is 5.75 Å². The lowest BCUT2D eigenvalue weighted by atomic mass is 9.70. The molecule has 1 unspecified atom stereocenters. The van der Waals surface area contributed by atoms with E-state index in [1.165, 1.54) is 0 Å². The number of carbonyl (C=O) groups is 1. The van der Waals surface area contributed by atoms with Gasteiger partial charge in [-0.05, 0) is 97.7 Å². The molecular weight excluding hydrogens is 564 g/mol. The quantitative estimate of drug-likeness (QED) is 0.300. The van der Waals surface area contributed by atoms with E-state index in [1.807, 2.05) is 30.4 Å². The third-order valence-electron chi connectivity index (χ3n) is 8.78. The van der Waals surface area contributed by atoms with Gasteiger partial charge in [0.25, 0.3) is 0 Å². The van der Waals surface area contributed by atoms with Crippen LogP contribution in [0.1, 0.15) is 55.2 Å². The first-order chi connectivity index (χ1) is 19.8. The Morgan fingerprint density at radius 1 is 1.10 bits per heavy atom. The van der Waals surface area contributed by atoms with Crippen molar-refractivity contribution in [2.75, 3.05) is 31.1 Å². The molecule has 2 aromatic carbocycles. The first-order valence-electron chi connectivity index (χ1n) is 14.4. The second kappa shape index (κ2) is 13.4. The molecule has 0 radical (unpaired) electrons. The average Bonchev–Trinajstić information content (AvgIpc) is 2.97. The molecule has 1 aliphatic carbocycles. The molecule has 2 heterocycles. The van der Waals surface area contributed by atoms with Crippen LogP contribution in [0.4, 0.5) is 5.69 Å². The third kappa shape index (κ3) is 7.04. The molecule has 41 heavy (non-hydrogen) atoms. The van der Waals surface area contributed by atoms with E-state index in [1.54, 1.807) is 18.2 Å². The minimum atomic E-state index is -2.63. The summed E-state index contributed by atoms with van der Waals surface area (Å²) in [4.78, 5) is 14.6. The molecule has 222 valence electrons. The largest absolute Gasteiger partial charge is 0.760 e. The lowest BCUT2D eigenvalue weighted by molar-refractivity contribution is -0.125. The highest BCUT2D eigenvalue weighted by atomic mass is 35.5. The van der Waals surface area contributed by atoms with E-state index in [4.69, 9.17) is 16.3 Å². The number of allylic oxidation sites excluding steroid dienone is 1. The molecule has 5 rings (SSSR count). The SMILES string of the molecule is O=C[C@]1(O)CN(S(=O)[O-])CCC/C=C/[C@H](O)[C@@H]2CC[C@H]2CN2CCCCc3cc(Cl)ccc3COc3ccc1cc32. The second-order valence-corrected chi connectivity index (χ2v) is 12.9. The zero-order valence-corrected chi connectivity index (χ0v) is 24.7. The Balaban J connectivity index is 1.56. The highest BCUT2D eigenvalue weighted by molar-refractivity contribution is 7.76. The van der Waals surface area contributed by atoms with Gasteiger partial charge in [-0.25, -0.2) is 4.31 Å². The Bertz CT molecular complexity index is 1290. The number of ether oxygens (including phenoxy) is 1. The van der Waals surface area contributed by atoms with Crippen molar-refractivity contribution in [3.63, 3.8) is 0 Å². The van der Waals surface area contributed by atoms with Gasteiger partial charge in [-0.3, -0.25) is 9.00 Å². The van der Waals surface area contributed by atoms with E-state index in [9.17, 15) is 23.8 Å². The van der Waals surface area contributed by atoms with Crippen LogP contribution in [0.15, 0.2) is 48.6 Å². The number of benzene rings is 2. The predicted molar refractivity (Wildman–Crippen MR) is 158 cm³/mol. The Morgan fingerprint density at radius 2 is 1.95 bits per heavy atom. The molecule has 0 amide bonds. The summed E-state index contributed by atoms with van der Waals surface area (Å²) < 4.78 is 31.5. The number of hydrogen-bond acceptors (Lipinski definition) is 7. The van der Waals surface area contributed by atoms with Crippen LogP contribution in [-0.2, 0) is 34.7 Å². The van der Waals surface area contributed by atoms with Crippen molar-refractivity contribution in [3.8, 4) is 5.75 Å². The monoisotopic (exact) mass is 601 g/mol. The van der Waals surface area contributed by atoms with Gasteiger partial charge in [-0.1, -0.05) is 35.9 Å². The fourth-order valence-corrected chi connectivity index (χ4v) is 6.97. The van der Waals surface area contributed by atoms with Gasteiger partial charge in [0, 0.05) is 35.9 Å². The molecule has 5 atom stereocenters. The molecule has 2 N–H and O–H groups in total. The first-order valence-corrected chi connectivity index (χ1v) is 15.9. The van der Waals surface area contributed by atoms with Crippen molar-refractivity contribution >= 4 is 34.8 Å². The van der Waals surface area contributed by atoms with Crippen LogP contribution >= 0.6 is 11.6 Å². The van der Waals surface area contributed by atoms with Crippen LogP contribution in [0, 0.1) is 11.8 Å². The number of rotatable bonds is 2. The minimum absolute atomic E-state index is 0.133. The summed E-state index contributed by atoms with van der Waals surface area (Å²) >= 11 is 3.67. The molecular formula is C31H38ClN2O6S-. The Morgan fingerprint density at radius 3 is 2.71 bits per heavy atom. The van der Waals surface area contributed by atoms with Gasteiger partial charge in [0.2, 0.25) is 0 Å². The van der Waals surface area contributed by atoms with Gasteiger partial charge in [0.05, 0.1) is 18.3 Å². The Hall–Kier alpha value is -2.27. The smallest absolute Gasteiger partial charge is 0.158 e. The maximum absolute atomic E-state index is 12.3. The molecule has 0 saturated heterocycles. The zero-order valence-electron chi connectivity index (χ0n) is 23.1. The highest BCUT2D eigenvalue weighted by Crippen LogP contribution is 2.41. The van der Waals surface area contributed by atoms with E-state index >= 15 is 0 Å². The number of nitrogens with zero attached hydrogens (tertiary/aromatic N) is 2. The van der Waals surface area contributed by atoms with Crippen molar-refractivity contribution in [1.29, 1.82) is 0 Å². The topological polar surface area (TPSA) is 113 Å². The number of anilines is 1. The van der Waals surface area contributed by atoms with Crippen LogP contribution in [0.3, 0.4) is 0 Å². The Kier molecular flexibility index (Phi) is 9.84. The number of aliphatic hydroxyl groups excluding tert-OH is 1. The van der Waals surface area contributed by atoms with Gasteiger partial charge in [-0.2, -0.15) is 0 Å². The lowest BCUT2D eigenvalue weighted by Gasteiger charge is -2.43. The number of hydrogen-bond donors (Lipinski definition) is 2. The third-order valence-corrected chi connectivity index (χ3v) is 9.75. The normalized spacial score (nSPS) is 29.5. The maximum atomic E-state index is 12.3. The van der Waals surface area contributed by atoms with Gasteiger partial charge < -0.3 is 24.4 Å². The highest BCUT2D eigenvalue weighted by Gasteiger charge is 2.38. The van der Waals surface area contributed by atoms with Gasteiger partial charge >= 0.3 is 0 Å². The molecule has 1 saturated carbocycles. The fourth-order valence-electron chi connectivity index (χ4n) is 6.20. The second-order valence-electron chi connectivity index (χ2n) is 11.5. The fraction of sp³-hybridized carbons (Fsp3) is 0.516. The van der Waals surface area contributed by atoms with Gasteiger partial charge in [-0.15, -0.1) is 0 Å². The molecule has 2 aliphatic heterocycles. The number of halogens is 1. The zero-order chi connectivity index (χ0) is 29.0. The minimum Gasteiger partial charge on any atom is -0.760 e. The molecule has 0 spiro atoms. The van der Waals surface area contributed by atoms with Crippen molar-refractivity contribution in [2.45, 2.75) is 63.3 Å². The van der Waals surface area contributed by atoms with E-state index < -0.39 is 29.5 Å². The van der Waals surface area contributed by atoms with E-state index in [-0.39, 0.29) is 18.4 Å². The summed E-state index contributed by atoms with van der Waals surface area (Å²) in [5, 5.41) is 23.1. The summed E-state index contributed by atoms with van der Waals surface area (Å²) in [5.41, 5.74) is 1.24. The van der Waals surface area contributed by atoms with E-state index in [2.05, 4.69) is 4.90 Å². The number of aldehydes is 1. The van der Waals surface area contributed by atoms with Crippen molar-refractivity contribution in [2.24, 2.45) is 11.8 Å². The lowest BCUT2D eigenvalue weighted by Crippen LogP contribution is -2.44. The van der Waals surface area contributed by atoms with Crippen LogP contribution in [0.2, 0.25) is 5.02 Å². The molecule has 0 aromatic heterocycles. The van der Waals surface area contributed by atoms with Gasteiger partial charge in [0.15, 0.2) is 11.9 Å². The van der Waals surface area contributed by atoms with Crippen LogP contribution in [0.25, 0.3) is 0 Å². The molecule has 10 heteroatoms. The summed E-state index contributed by atoms with van der Waals surface area (Å²) in [6.07, 6.45) is 9.34. The Labute approximate surface area is 249 Å². The van der Waals surface area contributed by atoms with Crippen LogP contribution < -0.4 is 9.64 Å². The standard InChI is InChI=1S/C31H39ClN2O6S/c32-26-11-8-24-19-40-30-13-10-25-17-28(30)33(14-5-3-6-22(24)16-26)18-23-9-12-27(23)29(36)7-2-1-4-15-34(41(38)39)20-31(25,37)21-35/h2,7-8,10-11,13,16-17,21,23,27,29,36-37H,1,3-6,9,12,14-15,18-20H2,(H,38,39)/p-1/b7-2+/t23-,27+,29-,31+/m0/s1. The van der Waals surface area contributed by atoms with Crippen molar-refractivity contribution in [3.05, 3.63) is 70.3 Å². The summed E-state index contributed by atoms with van der Waals surface area (Å²) in [6.45, 7) is 1.51. The predicted octanol–water partition coefficient (Wildman–Crippen LogP) is 4.28. The number of β-amino-alcohol motifs (C(OH)–C–C–N with tert-alkyl or cyclic N) is 1. The number of aryl methyl sites for hydroxylation is 1. The summed E-state index contributed by atoms with van der Waals surface area (Å²) in [5.74, 6) is 1.03. The molecule has 2 bridgehead atoms. The van der Waals surface area contributed by atoms with Crippen molar-refractivity contribution in [1.82, 2.24) is 4.31 Å². The molecule has 2 aromatic rings. The van der Waals surface area contributed by atoms with Gasteiger partial charge in [0.1, 0.15) is 12.4 Å². The van der Waals surface area contributed by atoms with Crippen LogP contribution in [-0.4, -0.2) is 61.8 Å². The maximum Gasteiger partial charge on any atom is 0.158 e. The van der Waals surface area contributed by atoms with E-state index in [0.29, 0.717) is 48.6 Å². The summed E-state index contributed by atoms with van der Waals surface area (Å²) in [6, 6.07) is 11.0. The molecule has 1 fully saturated rings. The first kappa shape index (κ1) is 30.2. The average molecular weight is 602 g/mol.